The number of carbonyl (C=O) groups is 1. The Bertz CT molecular complexity index is 406. The van der Waals surface area contributed by atoms with Crippen molar-refractivity contribution < 1.29 is 9.72 Å². The normalized spacial score (nSPS) is 10.1. The fourth-order valence-corrected chi connectivity index (χ4v) is 1.64. The highest BCUT2D eigenvalue weighted by Gasteiger charge is 2.17. The van der Waals surface area contributed by atoms with Crippen LogP contribution in [0.2, 0.25) is 0 Å². The Morgan fingerprint density at radius 1 is 1.40 bits per heavy atom. The van der Waals surface area contributed by atoms with Crippen molar-refractivity contribution in [1.29, 1.82) is 0 Å². The second-order valence-electron chi connectivity index (χ2n) is 3.27. The Morgan fingerprint density at radius 2 is 1.87 bits per heavy atom. The second kappa shape index (κ2) is 4.40. The fourth-order valence-electron chi connectivity index (χ4n) is 1.48. The highest BCUT2D eigenvalue weighted by molar-refractivity contribution is 6.30. The summed E-state index contributed by atoms with van der Waals surface area (Å²) in [6.07, 6.45) is 0. The number of carbonyl (C=O) groups excluding carboxylic acids is 1. The monoisotopic (exact) mass is 227 g/mol. The average Bonchev–Trinajstić information content (AvgIpc) is 2.14. The van der Waals surface area contributed by atoms with Gasteiger partial charge in [0.1, 0.15) is 0 Å². The molecule has 0 bridgehead atoms. The third-order valence-corrected chi connectivity index (χ3v) is 2.36. The number of nitro benzene ring substituents is 1. The van der Waals surface area contributed by atoms with Crippen molar-refractivity contribution in [2.24, 2.45) is 0 Å². The van der Waals surface area contributed by atoms with Gasteiger partial charge in [-0.1, -0.05) is 0 Å². The molecule has 0 radical (unpaired) electrons. The van der Waals surface area contributed by atoms with Crippen molar-refractivity contribution in [3.63, 3.8) is 0 Å². The molecule has 0 unspecified atom stereocenters. The molecule has 4 nitrogen and oxygen atoms in total. The number of hydrogen-bond donors (Lipinski definition) is 0. The average molecular weight is 228 g/mol. The Kier molecular flexibility index (Phi) is 3.42. The number of Topliss-reactive ketones (excluding diaryl/α,β-unsaturated/α-hetero) is 1. The summed E-state index contributed by atoms with van der Waals surface area (Å²) >= 11 is 5.41. The van der Waals surface area contributed by atoms with Crippen LogP contribution < -0.4 is 0 Å². The van der Waals surface area contributed by atoms with Crippen molar-refractivity contribution in [3.8, 4) is 0 Å². The molecule has 0 spiro atoms. The third kappa shape index (κ3) is 2.33. The van der Waals surface area contributed by atoms with E-state index in [1.165, 1.54) is 12.1 Å². The van der Waals surface area contributed by atoms with Crippen LogP contribution >= 0.6 is 11.6 Å². The van der Waals surface area contributed by atoms with E-state index in [0.29, 0.717) is 16.7 Å². The van der Waals surface area contributed by atoms with Gasteiger partial charge in [-0.2, -0.15) is 0 Å². The minimum atomic E-state index is -0.445. The lowest BCUT2D eigenvalue weighted by Crippen LogP contribution is -2.03. The zero-order chi connectivity index (χ0) is 11.6. The number of ketones is 1. The summed E-state index contributed by atoms with van der Waals surface area (Å²) in [7, 11) is 0. The molecular weight excluding hydrogens is 218 g/mol. The summed E-state index contributed by atoms with van der Waals surface area (Å²) in [6, 6.07) is 2.99. The van der Waals surface area contributed by atoms with Crippen LogP contribution in [-0.4, -0.2) is 16.6 Å². The van der Waals surface area contributed by atoms with E-state index in [2.05, 4.69) is 0 Å². The van der Waals surface area contributed by atoms with Crippen LogP contribution in [0.4, 0.5) is 5.69 Å². The van der Waals surface area contributed by atoms with Crippen molar-refractivity contribution in [3.05, 3.63) is 38.9 Å². The van der Waals surface area contributed by atoms with Gasteiger partial charge < -0.3 is 0 Å². The molecule has 1 rings (SSSR count). The first-order valence-electron chi connectivity index (χ1n) is 4.32. The van der Waals surface area contributed by atoms with E-state index in [-0.39, 0.29) is 17.4 Å². The van der Waals surface area contributed by atoms with E-state index >= 15 is 0 Å². The predicted octanol–water partition coefficient (Wildman–Crippen LogP) is 2.63. The van der Waals surface area contributed by atoms with Crippen LogP contribution in [0.5, 0.6) is 0 Å². The molecule has 80 valence electrons. The predicted molar refractivity (Wildman–Crippen MR) is 57.6 cm³/mol. The Balaban J connectivity index is 3.31. The number of benzene rings is 1. The van der Waals surface area contributed by atoms with Crippen LogP contribution in [0.3, 0.4) is 0 Å². The van der Waals surface area contributed by atoms with Gasteiger partial charge in [0.25, 0.3) is 5.69 Å². The van der Waals surface area contributed by atoms with Gasteiger partial charge in [-0.05, 0) is 26.0 Å². The molecule has 1 aromatic rings. The quantitative estimate of drug-likeness (QED) is 0.345. The van der Waals surface area contributed by atoms with E-state index in [4.69, 9.17) is 11.6 Å². The molecule has 0 amide bonds. The largest absolute Gasteiger partial charge is 0.293 e. The van der Waals surface area contributed by atoms with Gasteiger partial charge in [0, 0.05) is 16.7 Å². The number of aryl methyl sites for hydroxylation is 2. The second-order valence-corrected chi connectivity index (χ2v) is 3.54. The maximum Gasteiger partial charge on any atom is 0.275 e. The molecule has 15 heavy (non-hydrogen) atoms. The van der Waals surface area contributed by atoms with Crippen molar-refractivity contribution in [2.45, 2.75) is 13.8 Å². The lowest BCUT2D eigenvalue weighted by Gasteiger charge is -2.04. The molecule has 0 aliphatic rings. The van der Waals surface area contributed by atoms with Gasteiger partial charge in [0.2, 0.25) is 0 Å². The SMILES string of the molecule is Cc1cc(C(=O)CCl)cc(C)c1[N+](=O)[O-]. The van der Waals surface area contributed by atoms with Gasteiger partial charge in [-0.3, -0.25) is 14.9 Å². The number of rotatable bonds is 3. The molecular formula is C10H10ClNO3. The van der Waals surface area contributed by atoms with Gasteiger partial charge in [-0.15, -0.1) is 11.6 Å². The van der Waals surface area contributed by atoms with E-state index in [9.17, 15) is 14.9 Å². The van der Waals surface area contributed by atoms with Gasteiger partial charge >= 0.3 is 0 Å². The highest BCUT2D eigenvalue weighted by atomic mass is 35.5. The number of nitrogens with zero attached hydrogens (tertiary/aromatic N) is 1. The molecule has 5 heteroatoms. The van der Waals surface area contributed by atoms with Crippen molar-refractivity contribution in [1.82, 2.24) is 0 Å². The molecule has 1 aromatic carbocycles. The lowest BCUT2D eigenvalue weighted by molar-refractivity contribution is -0.386. The molecule has 0 atom stereocenters. The lowest BCUT2D eigenvalue weighted by atomic mass is 10.0. The minimum Gasteiger partial charge on any atom is -0.293 e. The van der Waals surface area contributed by atoms with E-state index < -0.39 is 4.92 Å². The van der Waals surface area contributed by atoms with Crippen LogP contribution in [0.25, 0.3) is 0 Å². The Hall–Kier alpha value is -1.42. The van der Waals surface area contributed by atoms with Crippen molar-refractivity contribution in [2.75, 3.05) is 5.88 Å². The maximum absolute atomic E-state index is 11.3. The molecule has 0 saturated heterocycles. The van der Waals surface area contributed by atoms with Gasteiger partial charge in [-0.25, -0.2) is 0 Å². The fraction of sp³-hybridized carbons (Fsp3) is 0.300. The van der Waals surface area contributed by atoms with Crippen LogP contribution in [0.1, 0.15) is 21.5 Å². The highest BCUT2D eigenvalue weighted by Crippen LogP contribution is 2.24. The standard InChI is InChI=1S/C10H10ClNO3/c1-6-3-8(9(13)5-11)4-7(2)10(6)12(14)15/h3-4H,5H2,1-2H3. The van der Waals surface area contributed by atoms with Crippen LogP contribution in [0.15, 0.2) is 12.1 Å². The first-order valence-corrected chi connectivity index (χ1v) is 4.85. The molecule has 0 aliphatic carbocycles. The molecule has 0 aromatic heterocycles. The first-order chi connectivity index (χ1) is 6.97. The number of alkyl halides is 1. The number of halogens is 1. The smallest absolute Gasteiger partial charge is 0.275 e. The van der Waals surface area contributed by atoms with Crippen molar-refractivity contribution >= 4 is 23.1 Å². The minimum absolute atomic E-state index is 0.0566. The number of hydrogen-bond acceptors (Lipinski definition) is 3. The van der Waals surface area contributed by atoms with Gasteiger partial charge in [0.15, 0.2) is 5.78 Å². The van der Waals surface area contributed by atoms with Crippen LogP contribution in [0, 0.1) is 24.0 Å². The molecule has 0 N–H and O–H groups in total. The van der Waals surface area contributed by atoms with E-state index in [0.717, 1.165) is 0 Å². The van der Waals surface area contributed by atoms with Crippen LogP contribution in [-0.2, 0) is 0 Å². The molecule has 0 fully saturated rings. The Morgan fingerprint density at radius 3 is 2.20 bits per heavy atom. The third-order valence-electron chi connectivity index (χ3n) is 2.12. The Labute approximate surface area is 92.0 Å². The summed E-state index contributed by atoms with van der Waals surface area (Å²) in [5.41, 5.74) is 1.44. The summed E-state index contributed by atoms with van der Waals surface area (Å²) in [5.74, 6) is -0.339. The number of nitro groups is 1. The molecule has 0 saturated carbocycles. The topological polar surface area (TPSA) is 60.2 Å². The molecule has 0 aliphatic heterocycles. The first kappa shape index (κ1) is 11.7. The zero-order valence-corrected chi connectivity index (χ0v) is 9.17. The summed E-state index contributed by atoms with van der Waals surface area (Å²) < 4.78 is 0. The van der Waals surface area contributed by atoms with E-state index in [1.54, 1.807) is 13.8 Å². The zero-order valence-electron chi connectivity index (χ0n) is 8.41. The molecule has 0 heterocycles. The summed E-state index contributed by atoms with van der Waals surface area (Å²) in [6.45, 7) is 3.21. The maximum atomic E-state index is 11.3. The summed E-state index contributed by atoms with van der Waals surface area (Å²) in [5, 5.41) is 10.7. The van der Waals surface area contributed by atoms with E-state index in [1.807, 2.05) is 0 Å². The van der Waals surface area contributed by atoms with Gasteiger partial charge in [0.05, 0.1) is 10.8 Å². The summed E-state index contributed by atoms with van der Waals surface area (Å²) in [4.78, 5) is 21.5.